The molecule has 0 radical (unpaired) electrons. The van der Waals surface area contributed by atoms with E-state index in [2.05, 4.69) is 10.3 Å². The third-order valence-corrected chi connectivity index (χ3v) is 3.26. The molecule has 0 saturated heterocycles. The largest absolute Gasteiger partial charge is 0.440 e. The molecular formula is C14H17F3N2O. The molecule has 0 bridgehead atoms. The van der Waals surface area contributed by atoms with Gasteiger partial charge in [0.1, 0.15) is 11.1 Å². The first-order valence-corrected chi connectivity index (χ1v) is 6.43. The van der Waals surface area contributed by atoms with E-state index in [9.17, 15) is 13.2 Å². The lowest BCUT2D eigenvalue weighted by atomic mass is 10.0. The van der Waals surface area contributed by atoms with Gasteiger partial charge in [-0.15, -0.1) is 0 Å². The Labute approximate surface area is 115 Å². The summed E-state index contributed by atoms with van der Waals surface area (Å²) in [6.07, 6.45) is -4.46. The molecule has 0 amide bonds. The Hall–Kier alpha value is -1.56. The highest BCUT2D eigenvalue weighted by Crippen LogP contribution is 2.37. The summed E-state index contributed by atoms with van der Waals surface area (Å²) in [5.41, 5.74) is -0.170. The molecular weight excluding hydrogens is 269 g/mol. The minimum absolute atomic E-state index is 0.0614. The summed E-state index contributed by atoms with van der Waals surface area (Å²) in [6.45, 7) is 5.45. The van der Waals surface area contributed by atoms with Gasteiger partial charge in [-0.05, 0) is 31.7 Å². The van der Waals surface area contributed by atoms with Gasteiger partial charge in [-0.2, -0.15) is 13.2 Å². The van der Waals surface area contributed by atoms with Crippen molar-refractivity contribution >= 4 is 11.1 Å². The lowest BCUT2D eigenvalue weighted by Gasteiger charge is -2.13. The van der Waals surface area contributed by atoms with E-state index >= 15 is 0 Å². The van der Waals surface area contributed by atoms with Gasteiger partial charge >= 0.3 is 6.18 Å². The first-order chi connectivity index (χ1) is 9.24. The van der Waals surface area contributed by atoms with E-state index < -0.39 is 11.7 Å². The third-order valence-electron chi connectivity index (χ3n) is 3.26. The van der Waals surface area contributed by atoms with Gasteiger partial charge < -0.3 is 9.73 Å². The van der Waals surface area contributed by atoms with E-state index in [0.717, 1.165) is 6.07 Å². The number of alkyl halides is 3. The van der Waals surface area contributed by atoms with E-state index in [1.165, 1.54) is 0 Å². The van der Waals surface area contributed by atoms with Crippen LogP contribution in [0.3, 0.4) is 0 Å². The van der Waals surface area contributed by atoms with Crippen molar-refractivity contribution in [3.8, 4) is 0 Å². The number of hydrogen-bond acceptors (Lipinski definition) is 3. The molecule has 0 aliphatic carbocycles. The van der Waals surface area contributed by atoms with E-state index in [4.69, 9.17) is 4.42 Å². The fourth-order valence-electron chi connectivity index (χ4n) is 1.95. The molecule has 1 heterocycles. The van der Waals surface area contributed by atoms with Crippen LogP contribution >= 0.6 is 0 Å². The van der Waals surface area contributed by atoms with Crippen LogP contribution in [0.25, 0.3) is 11.1 Å². The molecule has 0 spiro atoms. The summed E-state index contributed by atoms with van der Waals surface area (Å²) >= 11 is 0. The number of aromatic nitrogens is 1. The molecule has 0 unspecified atom stereocenters. The molecule has 1 aromatic heterocycles. The Morgan fingerprint density at radius 3 is 2.35 bits per heavy atom. The maximum absolute atomic E-state index is 13.2. The molecule has 0 saturated carbocycles. The van der Waals surface area contributed by atoms with Gasteiger partial charge in [0.05, 0.1) is 0 Å². The smallest absolute Gasteiger partial charge is 0.420 e. The van der Waals surface area contributed by atoms with Gasteiger partial charge in [-0.25, -0.2) is 4.98 Å². The standard InChI is InChI=1S/C14H17F3N2O/c1-7(2)13-19-11-6-9(8(3)18-4)5-10(12(11)20-13)14(15,16)17/h5-8,18H,1-4H3/t8-/m0/s1. The number of nitrogens with one attached hydrogen (secondary N) is 1. The summed E-state index contributed by atoms with van der Waals surface area (Å²) in [4.78, 5) is 4.17. The summed E-state index contributed by atoms with van der Waals surface area (Å²) in [5, 5.41) is 2.93. The van der Waals surface area contributed by atoms with Gasteiger partial charge in [-0.1, -0.05) is 13.8 Å². The molecule has 0 aliphatic rings. The molecule has 2 aromatic rings. The molecule has 20 heavy (non-hydrogen) atoms. The summed E-state index contributed by atoms with van der Waals surface area (Å²) in [7, 11) is 1.70. The molecule has 0 fully saturated rings. The Bertz CT molecular complexity index is 617. The minimum Gasteiger partial charge on any atom is -0.440 e. The highest BCUT2D eigenvalue weighted by molar-refractivity contribution is 5.78. The number of hydrogen-bond donors (Lipinski definition) is 1. The van der Waals surface area contributed by atoms with E-state index in [1.807, 2.05) is 13.8 Å². The highest BCUT2D eigenvalue weighted by atomic mass is 19.4. The second kappa shape index (κ2) is 5.09. The quantitative estimate of drug-likeness (QED) is 0.916. The van der Waals surface area contributed by atoms with Crippen LogP contribution in [0.1, 0.15) is 49.7 Å². The SMILES string of the molecule is CN[C@@H](C)c1cc(C(F)(F)F)c2oc(C(C)C)nc2c1. The number of benzene rings is 1. The van der Waals surface area contributed by atoms with Gasteiger partial charge in [0.2, 0.25) is 0 Å². The lowest BCUT2D eigenvalue weighted by Crippen LogP contribution is -2.14. The molecule has 6 heteroatoms. The molecule has 2 rings (SSSR count). The first kappa shape index (κ1) is 14.8. The van der Waals surface area contributed by atoms with Gasteiger partial charge in [0, 0.05) is 12.0 Å². The van der Waals surface area contributed by atoms with Crippen LogP contribution in [0.2, 0.25) is 0 Å². The van der Waals surface area contributed by atoms with Crippen molar-refractivity contribution in [2.75, 3.05) is 7.05 Å². The van der Waals surface area contributed by atoms with Crippen LogP contribution in [0.15, 0.2) is 16.5 Å². The van der Waals surface area contributed by atoms with Crippen LogP contribution in [-0.4, -0.2) is 12.0 Å². The Morgan fingerprint density at radius 2 is 1.85 bits per heavy atom. The van der Waals surface area contributed by atoms with E-state index in [1.54, 1.807) is 20.0 Å². The first-order valence-electron chi connectivity index (χ1n) is 6.43. The monoisotopic (exact) mass is 286 g/mol. The zero-order valence-electron chi connectivity index (χ0n) is 11.8. The number of halogens is 3. The second-order valence-electron chi connectivity index (χ2n) is 5.13. The van der Waals surface area contributed by atoms with Gasteiger partial charge in [0.15, 0.2) is 11.5 Å². The molecule has 3 nitrogen and oxygen atoms in total. The molecule has 110 valence electrons. The van der Waals surface area contributed by atoms with Crippen LogP contribution in [0.4, 0.5) is 13.2 Å². The third kappa shape index (κ3) is 2.65. The van der Waals surface area contributed by atoms with Gasteiger partial charge in [-0.3, -0.25) is 0 Å². The molecule has 1 aromatic carbocycles. The minimum atomic E-state index is -4.46. The maximum Gasteiger partial charge on any atom is 0.420 e. The molecule has 0 aliphatic heterocycles. The van der Waals surface area contributed by atoms with Gasteiger partial charge in [0.25, 0.3) is 0 Å². The highest BCUT2D eigenvalue weighted by Gasteiger charge is 2.35. The topological polar surface area (TPSA) is 38.1 Å². The van der Waals surface area contributed by atoms with E-state index in [0.29, 0.717) is 11.5 Å². The normalized spacial score (nSPS) is 14.2. The molecule has 1 N–H and O–H groups in total. The molecule has 1 atom stereocenters. The Kier molecular flexibility index (Phi) is 3.77. The zero-order chi connectivity index (χ0) is 15.1. The zero-order valence-corrected chi connectivity index (χ0v) is 11.8. The van der Waals surface area contributed by atoms with Crippen molar-refractivity contribution in [1.29, 1.82) is 0 Å². The predicted molar refractivity (Wildman–Crippen MR) is 70.6 cm³/mol. The van der Waals surface area contributed by atoms with E-state index in [-0.39, 0.29) is 23.1 Å². The van der Waals surface area contributed by atoms with Crippen LogP contribution < -0.4 is 5.32 Å². The average Bonchev–Trinajstić information content (AvgIpc) is 2.79. The van der Waals surface area contributed by atoms with Crippen molar-refractivity contribution in [3.63, 3.8) is 0 Å². The van der Waals surface area contributed by atoms with Crippen LogP contribution in [0, 0.1) is 0 Å². The summed E-state index contributed by atoms with van der Waals surface area (Å²) in [5.74, 6) is 0.258. The lowest BCUT2D eigenvalue weighted by molar-refractivity contribution is -0.136. The number of rotatable bonds is 3. The van der Waals surface area contributed by atoms with Crippen molar-refractivity contribution in [2.45, 2.75) is 38.9 Å². The Morgan fingerprint density at radius 1 is 1.20 bits per heavy atom. The summed E-state index contributed by atoms with van der Waals surface area (Å²) in [6, 6.07) is 2.57. The number of nitrogens with zero attached hydrogens (tertiary/aromatic N) is 1. The van der Waals surface area contributed by atoms with Crippen molar-refractivity contribution in [1.82, 2.24) is 10.3 Å². The van der Waals surface area contributed by atoms with Crippen molar-refractivity contribution < 1.29 is 17.6 Å². The van der Waals surface area contributed by atoms with Crippen molar-refractivity contribution in [2.24, 2.45) is 0 Å². The predicted octanol–water partition coefficient (Wildman–Crippen LogP) is 4.25. The fourth-order valence-corrected chi connectivity index (χ4v) is 1.95. The number of oxazole rings is 1. The average molecular weight is 286 g/mol. The summed E-state index contributed by atoms with van der Waals surface area (Å²) < 4.78 is 44.8. The van der Waals surface area contributed by atoms with Crippen LogP contribution in [-0.2, 0) is 6.18 Å². The van der Waals surface area contributed by atoms with Crippen molar-refractivity contribution in [3.05, 3.63) is 29.2 Å². The fraction of sp³-hybridized carbons (Fsp3) is 0.500. The number of fused-ring (bicyclic) bond motifs is 1. The second-order valence-corrected chi connectivity index (χ2v) is 5.13. The maximum atomic E-state index is 13.2. The Balaban J connectivity index is 2.71. The van der Waals surface area contributed by atoms with Crippen LogP contribution in [0.5, 0.6) is 0 Å².